The molecule has 2 aromatic carbocycles. The minimum atomic E-state index is -1.57. The maximum absolute atomic E-state index is 14.0. The van der Waals surface area contributed by atoms with Gasteiger partial charge in [-0.3, -0.25) is 53.1 Å². The van der Waals surface area contributed by atoms with Crippen molar-refractivity contribution >= 4 is 65.4 Å². The van der Waals surface area contributed by atoms with E-state index < -0.39 is 90.6 Å². The molecule has 4 atom stereocenters. The van der Waals surface area contributed by atoms with Crippen LogP contribution in [-0.4, -0.2) is 208 Å². The quantitative estimate of drug-likeness (QED) is 0.0371. The van der Waals surface area contributed by atoms with Crippen molar-refractivity contribution in [3.8, 4) is 0 Å². The summed E-state index contributed by atoms with van der Waals surface area (Å²) in [6.07, 6.45) is 1.96. The highest BCUT2D eigenvalue weighted by Gasteiger charge is 2.29. The van der Waals surface area contributed by atoms with Gasteiger partial charge in [-0.05, 0) is 36.8 Å². The summed E-state index contributed by atoms with van der Waals surface area (Å²) in [5.74, 6) is -8.58. The lowest BCUT2D eigenvalue weighted by molar-refractivity contribution is -0.141. The minimum absolute atomic E-state index is 0.0144. The topological polar surface area (TPSA) is 383 Å². The Hall–Kier alpha value is -7.71. The van der Waals surface area contributed by atoms with E-state index in [4.69, 9.17) is 5.11 Å². The number of carbonyl (C=O) groups is 11. The van der Waals surface area contributed by atoms with E-state index in [0.29, 0.717) is 71.4 Å². The Labute approximate surface area is 446 Å². The summed E-state index contributed by atoms with van der Waals surface area (Å²) in [7, 11) is 0. The van der Waals surface area contributed by atoms with Gasteiger partial charge in [-0.25, -0.2) is 14.4 Å². The average molecular weight is 1080 g/mol. The van der Waals surface area contributed by atoms with Crippen molar-refractivity contribution < 1.29 is 78.3 Å². The molecule has 424 valence electrons. The Morgan fingerprint density at radius 1 is 0.403 bits per heavy atom. The Kier molecular flexibility index (Phi) is 29.3. The first kappa shape index (κ1) is 63.6. The van der Waals surface area contributed by atoms with Crippen LogP contribution in [0.15, 0.2) is 60.7 Å². The van der Waals surface area contributed by atoms with E-state index in [1.54, 1.807) is 34.1 Å². The molecule has 0 bridgehead atoms. The highest BCUT2D eigenvalue weighted by atomic mass is 16.4. The van der Waals surface area contributed by atoms with Crippen molar-refractivity contribution in [3.05, 3.63) is 71.8 Å². The Morgan fingerprint density at radius 3 is 1.34 bits per heavy atom. The maximum atomic E-state index is 14.0. The van der Waals surface area contributed by atoms with E-state index in [9.17, 15) is 73.2 Å². The first-order valence-electron chi connectivity index (χ1n) is 25.6. The molecule has 1 fully saturated rings. The zero-order chi connectivity index (χ0) is 56.5. The number of rotatable bonds is 35. The van der Waals surface area contributed by atoms with Gasteiger partial charge in [-0.1, -0.05) is 79.9 Å². The summed E-state index contributed by atoms with van der Waals surface area (Å²) in [6.45, 7) is 2.02. The molecule has 0 spiro atoms. The number of amides is 7. The number of nitrogens with zero attached hydrogens (tertiary/aromatic N) is 3. The predicted octanol–water partition coefficient (Wildman–Crippen LogP) is -0.930. The van der Waals surface area contributed by atoms with E-state index in [1.807, 2.05) is 46.6 Å². The first-order valence-corrected chi connectivity index (χ1v) is 25.6. The molecule has 4 unspecified atom stereocenters. The fraction of sp³-hybridized carbons (Fsp3) is 0.549. The standard InChI is InChI=1S/C51H74N10O16/c62-41(19-17-37(49(73)74)57-51(77)58-38(50(75)76)18-20-44(65)66)52-21-11-3-1-2-10-16-42(63)55-40(31-36-14-8-5-9-15-36)48(72)56-39(30-35-12-6-4-7-13-35)47(71)54-23-22-53-43(64)32-59-24-26-60(33-45(67)68)28-29-61(27-25-59)34-46(69)70/h4-9,12-15,37-40H,1-3,10-11,16-34H2,(H,52,62)(H,53,64)(H,54,71)(H,55,63)(H,56,72)(H,65,66)(H,67,68)(H,69,70)(H,73,74)(H,75,76)(H2,57,58,77). The average Bonchev–Trinajstić information content (AvgIpc) is 3.46. The van der Waals surface area contributed by atoms with Crippen LogP contribution in [0.2, 0.25) is 0 Å². The van der Waals surface area contributed by atoms with Crippen LogP contribution < -0.4 is 37.2 Å². The van der Waals surface area contributed by atoms with Gasteiger partial charge >= 0.3 is 35.9 Å². The number of carboxylic acid groups (broad SMARTS) is 5. The third kappa shape index (κ3) is 28.1. The van der Waals surface area contributed by atoms with Gasteiger partial charge in [0.25, 0.3) is 0 Å². The van der Waals surface area contributed by atoms with Gasteiger partial charge in [0.15, 0.2) is 0 Å². The van der Waals surface area contributed by atoms with Crippen LogP contribution in [0.1, 0.15) is 75.3 Å². The Bertz CT molecular complexity index is 2230. The molecule has 7 amide bonds. The molecule has 0 saturated carbocycles. The molecule has 3 rings (SSSR count). The van der Waals surface area contributed by atoms with Gasteiger partial charge in [0.1, 0.15) is 24.2 Å². The highest BCUT2D eigenvalue weighted by molar-refractivity contribution is 5.92. The molecule has 1 heterocycles. The van der Waals surface area contributed by atoms with Crippen molar-refractivity contribution in [1.82, 2.24) is 51.9 Å². The zero-order valence-corrected chi connectivity index (χ0v) is 43.1. The van der Waals surface area contributed by atoms with E-state index in [0.717, 1.165) is 11.1 Å². The summed E-state index contributed by atoms with van der Waals surface area (Å²) < 4.78 is 0. The van der Waals surface area contributed by atoms with E-state index in [-0.39, 0.29) is 83.2 Å². The minimum Gasteiger partial charge on any atom is -0.481 e. The van der Waals surface area contributed by atoms with Crippen molar-refractivity contribution in [2.24, 2.45) is 0 Å². The Morgan fingerprint density at radius 2 is 0.844 bits per heavy atom. The molecule has 1 aliphatic heterocycles. The predicted molar refractivity (Wildman–Crippen MR) is 276 cm³/mol. The Balaban J connectivity index is 1.47. The number of nitrogens with one attached hydrogen (secondary N) is 7. The smallest absolute Gasteiger partial charge is 0.326 e. The molecule has 2 aromatic rings. The molecule has 26 nitrogen and oxygen atoms in total. The second-order valence-electron chi connectivity index (χ2n) is 18.6. The molecule has 1 saturated heterocycles. The van der Waals surface area contributed by atoms with E-state index in [2.05, 4.69) is 31.9 Å². The number of unbranched alkanes of at least 4 members (excludes halogenated alkanes) is 4. The fourth-order valence-corrected chi connectivity index (χ4v) is 8.14. The van der Waals surface area contributed by atoms with Crippen LogP contribution in [0.25, 0.3) is 0 Å². The van der Waals surface area contributed by atoms with Gasteiger partial charge in [0.2, 0.25) is 29.5 Å². The molecule has 0 radical (unpaired) electrons. The van der Waals surface area contributed by atoms with Gasteiger partial charge < -0.3 is 62.8 Å². The maximum Gasteiger partial charge on any atom is 0.326 e. The summed E-state index contributed by atoms with van der Waals surface area (Å²) in [4.78, 5) is 141. The lowest BCUT2D eigenvalue weighted by Gasteiger charge is -2.25. The van der Waals surface area contributed by atoms with Gasteiger partial charge in [-0.15, -0.1) is 0 Å². The lowest BCUT2D eigenvalue weighted by atomic mass is 10.0. The summed E-state index contributed by atoms with van der Waals surface area (Å²) in [5, 5.41) is 64.2. The number of hydrogen-bond acceptors (Lipinski definition) is 14. The molecule has 26 heteroatoms. The first-order chi connectivity index (χ1) is 36.8. The van der Waals surface area contributed by atoms with Crippen LogP contribution in [-0.2, 0) is 60.8 Å². The highest BCUT2D eigenvalue weighted by Crippen LogP contribution is 2.10. The molecule has 0 aliphatic carbocycles. The van der Waals surface area contributed by atoms with E-state index in [1.165, 1.54) is 0 Å². The molecular weight excluding hydrogens is 1010 g/mol. The van der Waals surface area contributed by atoms with Crippen molar-refractivity contribution in [1.29, 1.82) is 0 Å². The monoisotopic (exact) mass is 1080 g/mol. The van der Waals surface area contributed by atoms with E-state index >= 15 is 0 Å². The van der Waals surface area contributed by atoms with Gasteiger partial charge in [0.05, 0.1) is 19.6 Å². The van der Waals surface area contributed by atoms with Crippen molar-refractivity contribution in [2.75, 3.05) is 78.5 Å². The summed E-state index contributed by atoms with van der Waals surface area (Å²) in [5.41, 5.74) is 1.53. The van der Waals surface area contributed by atoms with Crippen LogP contribution in [0, 0.1) is 0 Å². The van der Waals surface area contributed by atoms with Gasteiger partial charge in [0, 0.05) is 91.0 Å². The number of hydrogen-bond donors (Lipinski definition) is 12. The summed E-state index contributed by atoms with van der Waals surface area (Å²) >= 11 is 0. The second kappa shape index (κ2) is 35.5. The largest absolute Gasteiger partial charge is 0.481 e. The SMILES string of the molecule is O=C(O)CCC(NC(=O)NC(CCC(=O)NCCCCCCCC(=O)NC(Cc1ccccc1)C(=O)NC(Cc1ccccc1)C(=O)NCCNC(=O)CN1CCN(CC(=O)O)CCN(CC(=O)O)CC1)C(=O)O)C(=O)O. The number of aliphatic carboxylic acids is 5. The van der Waals surface area contributed by atoms with Crippen molar-refractivity contribution in [3.63, 3.8) is 0 Å². The number of carbonyl (C=O) groups excluding carboxylic acids is 6. The second-order valence-corrected chi connectivity index (χ2v) is 18.6. The molecular formula is C51H74N10O16. The molecule has 1 aliphatic rings. The normalized spacial score (nSPS) is 14.8. The molecule has 77 heavy (non-hydrogen) atoms. The number of urea groups is 1. The van der Waals surface area contributed by atoms with Gasteiger partial charge in [-0.2, -0.15) is 0 Å². The van der Waals surface area contributed by atoms with Crippen LogP contribution in [0.5, 0.6) is 0 Å². The molecule has 12 N–H and O–H groups in total. The number of benzene rings is 2. The fourth-order valence-electron chi connectivity index (χ4n) is 8.14. The zero-order valence-electron chi connectivity index (χ0n) is 43.1. The third-order valence-corrected chi connectivity index (χ3v) is 12.3. The number of carboxylic acids is 5. The summed E-state index contributed by atoms with van der Waals surface area (Å²) in [6, 6.07) is 11.7. The van der Waals surface area contributed by atoms with Crippen LogP contribution in [0.3, 0.4) is 0 Å². The third-order valence-electron chi connectivity index (χ3n) is 12.3. The van der Waals surface area contributed by atoms with Crippen LogP contribution in [0.4, 0.5) is 4.79 Å². The van der Waals surface area contributed by atoms with Crippen LogP contribution >= 0.6 is 0 Å². The van der Waals surface area contributed by atoms with Crippen molar-refractivity contribution in [2.45, 2.75) is 101 Å². The molecule has 0 aromatic heterocycles. The lowest BCUT2D eigenvalue weighted by Crippen LogP contribution is -2.55.